The summed E-state index contributed by atoms with van der Waals surface area (Å²) < 4.78 is 11.0. The van der Waals surface area contributed by atoms with Gasteiger partial charge in [-0.25, -0.2) is 4.79 Å². The Kier molecular flexibility index (Phi) is 3.94. The van der Waals surface area contributed by atoms with E-state index in [0.29, 0.717) is 12.0 Å². The summed E-state index contributed by atoms with van der Waals surface area (Å²) in [5.41, 5.74) is 3.07. The van der Waals surface area contributed by atoms with Crippen LogP contribution in [0.3, 0.4) is 0 Å². The molecular weight excluding hydrogens is 368 g/mol. The number of fused-ring (bicyclic) bond motifs is 1. The van der Waals surface area contributed by atoms with E-state index < -0.39 is 5.41 Å². The molecule has 152 valence electrons. The van der Waals surface area contributed by atoms with Crippen LogP contribution in [0.5, 0.6) is 0 Å². The Labute approximate surface area is 170 Å². The van der Waals surface area contributed by atoms with Crippen molar-refractivity contribution in [3.8, 4) is 0 Å². The smallest absolute Gasteiger partial charge is 0.335 e. The SMILES string of the molecule is COC(=O)C1=C2Nc3ccccc3C23CCN2CC=CC(C(C)OC(C)=O)(C1)C23. The lowest BCUT2D eigenvalue weighted by molar-refractivity contribution is -0.154. The Morgan fingerprint density at radius 1 is 1.31 bits per heavy atom. The van der Waals surface area contributed by atoms with Gasteiger partial charge in [0.05, 0.1) is 18.1 Å². The molecule has 4 atom stereocenters. The van der Waals surface area contributed by atoms with E-state index in [1.807, 2.05) is 13.0 Å². The van der Waals surface area contributed by atoms with E-state index >= 15 is 0 Å². The lowest BCUT2D eigenvalue weighted by Crippen LogP contribution is -2.62. The summed E-state index contributed by atoms with van der Waals surface area (Å²) in [5, 5.41) is 3.57. The molecule has 0 amide bonds. The Balaban J connectivity index is 1.79. The molecule has 0 radical (unpaired) electrons. The summed E-state index contributed by atoms with van der Waals surface area (Å²) in [5.74, 6) is -0.617. The first-order chi connectivity index (χ1) is 13.9. The molecule has 0 aromatic heterocycles. The number of anilines is 1. The highest BCUT2D eigenvalue weighted by molar-refractivity contribution is 5.93. The van der Waals surface area contributed by atoms with Crippen LogP contribution in [0.2, 0.25) is 0 Å². The van der Waals surface area contributed by atoms with Gasteiger partial charge in [-0.15, -0.1) is 0 Å². The van der Waals surface area contributed by atoms with Gasteiger partial charge in [-0.1, -0.05) is 30.4 Å². The molecule has 1 fully saturated rings. The van der Waals surface area contributed by atoms with Crippen molar-refractivity contribution >= 4 is 17.6 Å². The third kappa shape index (κ3) is 2.26. The number of hydrogen-bond donors (Lipinski definition) is 1. The largest absolute Gasteiger partial charge is 0.466 e. The average Bonchev–Trinajstić information content (AvgIpc) is 3.27. The number of esters is 2. The van der Waals surface area contributed by atoms with Crippen molar-refractivity contribution in [2.24, 2.45) is 5.41 Å². The Bertz CT molecular complexity index is 967. The molecule has 1 aromatic rings. The molecule has 4 unspecified atom stereocenters. The van der Waals surface area contributed by atoms with Crippen molar-refractivity contribution in [2.75, 3.05) is 25.5 Å². The van der Waals surface area contributed by atoms with Gasteiger partial charge in [-0.3, -0.25) is 9.69 Å². The second kappa shape index (κ2) is 6.20. The molecule has 3 aliphatic heterocycles. The van der Waals surface area contributed by atoms with E-state index in [0.717, 1.165) is 30.9 Å². The van der Waals surface area contributed by atoms with Crippen LogP contribution >= 0.6 is 0 Å². The number of carbonyl (C=O) groups excluding carboxylic acids is 2. The zero-order valence-electron chi connectivity index (χ0n) is 17.0. The second-order valence-corrected chi connectivity index (χ2v) is 8.58. The summed E-state index contributed by atoms with van der Waals surface area (Å²) in [6, 6.07) is 8.42. The molecule has 3 heterocycles. The van der Waals surface area contributed by atoms with Crippen molar-refractivity contribution in [2.45, 2.75) is 44.2 Å². The van der Waals surface area contributed by atoms with Crippen LogP contribution in [0.1, 0.15) is 32.3 Å². The molecule has 4 aliphatic rings. The minimum absolute atomic E-state index is 0.105. The zero-order valence-corrected chi connectivity index (χ0v) is 17.0. The standard InChI is InChI=1S/C23H26N2O4/c1-14(29-15(2)26)22-9-6-11-25-12-10-23(21(22)25)17-7-4-5-8-18(17)24-19(23)16(13-22)20(27)28-3/h4-9,14,21,24H,10-13H2,1-3H3. The number of rotatable bonds is 3. The Morgan fingerprint density at radius 2 is 2.10 bits per heavy atom. The van der Waals surface area contributed by atoms with E-state index in [9.17, 15) is 9.59 Å². The quantitative estimate of drug-likeness (QED) is 0.628. The van der Waals surface area contributed by atoms with Gasteiger partial charge in [-0.05, 0) is 31.4 Å². The van der Waals surface area contributed by atoms with Crippen LogP contribution in [0, 0.1) is 5.41 Å². The maximum absolute atomic E-state index is 12.9. The van der Waals surface area contributed by atoms with Gasteiger partial charge in [-0.2, -0.15) is 0 Å². The monoisotopic (exact) mass is 394 g/mol. The van der Waals surface area contributed by atoms with E-state index in [-0.39, 0.29) is 29.5 Å². The van der Waals surface area contributed by atoms with Crippen molar-refractivity contribution in [3.05, 3.63) is 53.3 Å². The van der Waals surface area contributed by atoms with Crippen LogP contribution in [-0.2, 0) is 24.5 Å². The first-order valence-corrected chi connectivity index (χ1v) is 10.2. The maximum atomic E-state index is 12.9. The number of methoxy groups -OCH3 is 1. The fourth-order valence-corrected chi connectivity index (χ4v) is 6.35. The predicted molar refractivity (Wildman–Crippen MR) is 108 cm³/mol. The minimum atomic E-state index is -0.493. The van der Waals surface area contributed by atoms with Crippen molar-refractivity contribution < 1.29 is 19.1 Å². The van der Waals surface area contributed by atoms with Crippen LogP contribution < -0.4 is 5.32 Å². The molecule has 5 rings (SSSR count). The highest BCUT2D eigenvalue weighted by atomic mass is 16.5. The molecule has 6 heteroatoms. The summed E-state index contributed by atoms with van der Waals surface area (Å²) >= 11 is 0. The van der Waals surface area contributed by atoms with Crippen molar-refractivity contribution in [3.63, 3.8) is 0 Å². The number of ether oxygens (including phenoxy) is 2. The highest BCUT2D eigenvalue weighted by Gasteiger charge is 2.67. The van der Waals surface area contributed by atoms with E-state index in [4.69, 9.17) is 9.47 Å². The summed E-state index contributed by atoms with van der Waals surface area (Å²) in [6.07, 6.45) is 5.37. The van der Waals surface area contributed by atoms with Crippen LogP contribution in [0.25, 0.3) is 0 Å². The number of hydrogen-bond acceptors (Lipinski definition) is 6. The zero-order chi connectivity index (χ0) is 20.4. The van der Waals surface area contributed by atoms with Gasteiger partial charge < -0.3 is 14.8 Å². The molecule has 1 saturated heterocycles. The third-order valence-electron chi connectivity index (χ3n) is 7.33. The molecule has 6 nitrogen and oxygen atoms in total. The molecule has 1 aromatic carbocycles. The van der Waals surface area contributed by atoms with Gasteiger partial charge in [0.25, 0.3) is 0 Å². The van der Waals surface area contributed by atoms with Gasteiger partial charge in [0.1, 0.15) is 6.10 Å². The molecule has 0 bridgehead atoms. The number of nitrogens with zero attached hydrogens (tertiary/aromatic N) is 1. The summed E-state index contributed by atoms with van der Waals surface area (Å²) in [6.45, 7) is 5.19. The normalized spacial score (nSPS) is 32.7. The topological polar surface area (TPSA) is 67.9 Å². The molecular formula is C23H26N2O4. The third-order valence-corrected chi connectivity index (χ3v) is 7.33. The lowest BCUT2D eigenvalue weighted by Gasteiger charge is -2.55. The first-order valence-electron chi connectivity index (χ1n) is 10.2. The minimum Gasteiger partial charge on any atom is -0.466 e. The summed E-state index contributed by atoms with van der Waals surface area (Å²) in [4.78, 5) is 27.3. The van der Waals surface area contributed by atoms with Crippen LogP contribution in [-0.4, -0.2) is 49.2 Å². The highest BCUT2D eigenvalue weighted by Crippen LogP contribution is 2.64. The molecule has 1 aliphatic carbocycles. The van der Waals surface area contributed by atoms with Gasteiger partial charge in [0, 0.05) is 42.9 Å². The second-order valence-electron chi connectivity index (χ2n) is 8.58. The molecule has 1 N–H and O–H groups in total. The van der Waals surface area contributed by atoms with Crippen molar-refractivity contribution in [1.29, 1.82) is 0 Å². The lowest BCUT2D eigenvalue weighted by atomic mass is 9.54. The number of para-hydroxylation sites is 1. The molecule has 0 saturated carbocycles. The maximum Gasteiger partial charge on any atom is 0.335 e. The molecule has 1 spiro atoms. The number of benzene rings is 1. The number of carbonyl (C=O) groups is 2. The average molecular weight is 394 g/mol. The van der Waals surface area contributed by atoms with E-state index in [2.05, 4.69) is 40.6 Å². The van der Waals surface area contributed by atoms with Crippen molar-refractivity contribution in [1.82, 2.24) is 4.90 Å². The van der Waals surface area contributed by atoms with E-state index in [1.54, 1.807) is 0 Å². The van der Waals surface area contributed by atoms with E-state index in [1.165, 1.54) is 19.6 Å². The Morgan fingerprint density at radius 3 is 2.86 bits per heavy atom. The fourth-order valence-electron chi connectivity index (χ4n) is 6.35. The van der Waals surface area contributed by atoms with Gasteiger partial charge in [0.2, 0.25) is 0 Å². The van der Waals surface area contributed by atoms with Gasteiger partial charge >= 0.3 is 11.9 Å². The van der Waals surface area contributed by atoms with Crippen LogP contribution in [0.4, 0.5) is 5.69 Å². The van der Waals surface area contributed by atoms with Gasteiger partial charge in [0.15, 0.2) is 0 Å². The predicted octanol–water partition coefficient (Wildman–Crippen LogP) is 2.76. The number of nitrogens with one attached hydrogen (secondary N) is 1. The molecule has 29 heavy (non-hydrogen) atoms. The van der Waals surface area contributed by atoms with Crippen LogP contribution in [0.15, 0.2) is 47.7 Å². The fraction of sp³-hybridized carbons (Fsp3) is 0.478. The Hall–Kier alpha value is -2.60. The summed E-state index contributed by atoms with van der Waals surface area (Å²) in [7, 11) is 1.43. The first kappa shape index (κ1) is 18.4.